The van der Waals surface area contributed by atoms with Gasteiger partial charge in [-0.05, 0) is 79.1 Å². The Bertz CT molecular complexity index is 1720. The highest BCUT2D eigenvalue weighted by Gasteiger charge is 2.33. The van der Waals surface area contributed by atoms with Crippen LogP contribution in [0.2, 0.25) is 5.02 Å². The highest BCUT2D eigenvalue weighted by molar-refractivity contribution is 6.33. The van der Waals surface area contributed by atoms with Gasteiger partial charge in [-0.25, -0.2) is 4.98 Å². The first kappa shape index (κ1) is 22.6. The molecule has 0 amide bonds. The van der Waals surface area contributed by atoms with Gasteiger partial charge in [0.1, 0.15) is 5.82 Å². The number of aromatic nitrogens is 2. The van der Waals surface area contributed by atoms with Crippen molar-refractivity contribution in [3.8, 4) is 23.5 Å². The molecule has 0 aliphatic heterocycles. The van der Waals surface area contributed by atoms with Crippen LogP contribution < -0.4 is 0 Å². The summed E-state index contributed by atoms with van der Waals surface area (Å²) in [4.78, 5) is 8.32. The summed E-state index contributed by atoms with van der Waals surface area (Å²) in [6.07, 6.45) is 5.62. The van der Waals surface area contributed by atoms with Crippen LogP contribution in [0.25, 0.3) is 44.0 Å². The number of nitrogens with one attached hydrogen (secondary N) is 1. The van der Waals surface area contributed by atoms with Gasteiger partial charge < -0.3 is 10.1 Å². The lowest BCUT2D eigenvalue weighted by Crippen LogP contribution is -2.36. The highest BCUT2D eigenvalue weighted by Crippen LogP contribution is 2.39. The minimum absolute atomic E-state index is 0.403. The van der Waals surface area contributed by atoms with Gasteiger partial charge in [-0.1, -0.05) is 41.9 Å². The SMILES string of the molecule is N#Cc1cccc(C#N)c1-c1nc2c3ccc(Cl)cc3c3cc(CCCC4(O)CCC4)ccc3c2[nH]1. The van der Waals surface area contributed by atoms with Gasteiger partial charge in [0.15, 0.2) is 0 Å². The average molecular weight is 491 g/mol. The van der Waals surface area contributed by atoms with Crippen molar-refractivity contribution in [2.24, 2.45) is 0 Å². The number of fused-ring (bicyclic) bond motifs is 6. The normalized spacial score (nSPS) is 14.6. The first-order chi connectivity index (χ1) is 17.5. The molecule has 36 heavy (non-hydrogen) atoms. The predicted molar refractivity (Wildman–Crippen MR) is 143 cm³/mol. The third-order valence-corrected chi connectivity index (χ3v) is 7.75. The van der Waals surface area contributed by atoms with Crippen molar-refractivity contribution in [2.45, 2.75) is 44.1 Å². The summed E-state index contributed by atoms with van der Waals surface area (Å²) in [5.74, 6) is 0.500. The Morgan fingerprint density at radius 2 is 1.67 bits per heavy atom. The van der Waals surface area contributed by atoms with E-state index in [0.29, 0.717) is 27.5 Å². The lowest BCUT2D eigenvalue weighted by atomic mass is 9.76. The molecule has 1 heterocycles. The third kappa shape index (κ3) is 3.69. The van der Waals surface area contributed by atoms with Crippen LogP contribution >= 0.6 is 11.6 Å². The molecule has 5 nitrogen and oxygen atoms in total. The zero-order valence-electron chi connectivity index (χ0n) is 19.6. The van der Waals surface area contributed by atoms with E-state index in [9.17, 15) is 15.6 Å². The Morgan fingerprint density at radius 3 is 2.36 bits per heavy atom. The molecule has 1 saturated carbocycles. The Labute approximate surface area is 213 Å². The second-order valence-corrected chi connectivity index (χ2v) is 10.2. The van der Waals surface area contributed by atoms with E-state index < -0.39 is 5.60 Å². The molecule has 4 aromatic carbocycles. The molecule has 1 aliphatic carbocycles. The van der Waals surface area contributed by atoms with E-state index in [1.165, 1.54) is 5.56 Å². The summed E-state index contributed by atoms with van der Waals surface area (Å²) in [5, 5.41) is 34.5. The molecule has 0 spiro atoms. The molecule has 0 bridgehead atoms. The monoisotopic (exact) mass is 490 g/mol. The van der Waals surface area contributed by atoms with E-state index >= 15 is 0 Å². The molecule has 1 fully saturated rings. The molecule has 6 rings (SSSR count). The quantitative estimate of drug-likeness (QED) is 0.255. The number of halogens is 1. The van der Waals surface area contributed by atoms with E-state index in [1.54, 1.807) is 18.2 Å². The minimum atomic E-state index is -0.461. The van der Waals surface area contributed by atoms with Crippen LogP contribution in [-0.2, 0) is 6.42 Å². The number of rotatable bonds is 5. The summed E-state index contributed by atoms with van der Waals surface area (Å²) in [6, 6.07) is 21.8. The topological polar surface area (TPSA) is 96.5 Å². The number of hydrogen-bond donors (Lipinski definition) is 2. The number of nitrogens with zero attached hydrogens (tertiary/aromatic N) is 3. The van der Waals surface area contributed by atoms with Crippen molar-refractivity contribution in [1.29, 1.82) is 10.5 Å². The summed E-state index contributed by atoms with van der Waals surface area (Å²) in [5.41, 5.74) is 3.71. The number of aromatic amines is 1. The Morgan fingerprint density at radius 1 is 0.944 bits per heavy atom. The van der Waals surface area contributed by atoms with Gasteiger partial charge in [-0.3, -0.25) is 0 Å². The maximum atomic E-state index is 10.5. The second kappa shape index (κ2) is 8.64. The molecule has 6 heteroatoms. The van der Waals surface area contributed by atoms with E-state index in [2.05, 4.69) is 35.3 Å². The molecular weight excluding hydrogens is 468 g/mol. The summed E-state index contributed by atoms with van der Waals surface area (Å²) in [7, 11) is 0. The van der Waals surface area contributed by atoms with Crippen molar-refractivity contribution in [1.82, 2.24) is 9.97 Å². The smallest absolute Gasteiger partial charge is 0.141 e. The van der Waals surface area contributed by atoms with E-state index in [0.717, 1.165) is 71.1 Å². The van der Waals surface area contributed by atoms with E-state index in [1.807, 2.05) is 18.2 Å². The molecule has 2 N–H and O–H groups in total. The first-order valence-electron chi connectivity index (χ1n) is 12.2. The number of aryl methyl sites for hydroxylation is 1. The van der Waals surface area contributed by atoms with Gasteiger partial charge in [0.05, 0.1) is 45.5 Å². The maximum Gasteiger partial charge on any atom is 0.141 e. The fourth-order valence-corrected chi connectivity index (χ4v) is 5.64. The van der Waals surface area contributed by atoms with Gasteiger partial charge in [0.2, 0.25) is 0 Å². The van der Waals surface area contributed by atoms with Crippen LogP contribution in [-0.4, -0.2) is 20.7 Å². The van der Waals surface area contributed by atoms with Crippen molar-refractivity contribution in [2.75, 3.05) is 0 Å². The fraction of sp³-hybridized carbons (Fsp3) is 0.233. The van der Waals surface area contributed by atoms with Crippen LogP contribution in [0.15, 0.2) is 54.6 Å². The van der Waals surface area contributed by atoms with E-state index in [-0.39, 0.29) is 0 Å². The standard InChI is InChI=1S/C30H23ClN4O/c31-21-8-10-23-25(15-21)24-14-18(4-2-11-30(36)12-3-13-30)7-9-22(24)27-28(23)35-29(34-27)26-19(16-32)5-1-6-20(26)17-33/h1,5-10,14-15,36H,2-4,11-13H2,(H,34,35). The predicted octanol–water partition coefficient (Wildman–Crippen LogP) is 7.17. The molecule has 176 valence electrons. The number of imidazole rings is 1. The largest absolute Gasteiger partial charge is 0.390 e. The lowest BCUT2D eigenvalue weighted by Gasteiger charge is -2.36. The van der Waals surface area contributed by atoms with Crippen molar-refractivity contribution in [3.63, 3.8) is 0 Å². The Hall–Kier alpha value is -3.90. The third-order valence-electron chi connectivity index (χ3n) is 7.52. The number of aliphatic hydroxyl groups is 1. The Kier molecular flexibility index (Phi) is 5.41. The van der Waals surface area contributed by atoms with Gasteiger partial charge >= 0.3 is 0 Å². The molecule has 1 aliphatic rings. The zero-order valence-corrected chi connectivity index (χ0v) is 20.4. The van der Waals surface area contributed by atoms with Gasteiger partial charge in [-0.15, -0.1) is 0 Å². The lowest BCUT2D eigenvalue weighted by molar-refractivity contribution is -0.0414. The number of benzene rings is 4. The molecule has 0 unspecified atom stereocenters. The van der Waals surface area contributed by atoms with Crippen LogP contribution in [0.5, 0.6) is 0 Å². The first-order valence-corrected chi connectivity index (χ1v) is 12.6. The summed E-state index contributed by atoms with van der Waals surface area (Å²) < 4.78 is 0. The van der Waals surface area contributed by atoms with Crippen molar-refractivity contribution >= 4 is 44.2 Å². The van der Waals surface area contributed by atoms with Gasteiger partial charge in [0.25, 0.3) is 0 Å². The molecule has 5 aromatic rings. The summed E-state index contributed by atoms with van der Waals surface area (Å²) in [6.45, 7) is 0. The van der Waals surface area contributed by atoms with Gasteiger partial charge in [0, 0.05) is 15.8 Å². The molecule has 0 radical (unpaired) electrons. The van der Waals surface area contributed by atoms with Crippen LogP contribution in [0.4, 0.5) is 0 Å². The van der Waals surface area contributed by atoms with Crippen molar-refractivity contribution < 1.29 is 5.11 Å². The zero-order chi connectivity index (χ0) is 24.9. The number of H-pyrrole nitrogens is 1. The van der Waals surface area contributed by atoms with Crippen LogP contribution in [0, 0.1) is 22.7 Å². The summed E-state index contributed by atoms with van der Waals surface area (Å²) >= 11 is 6.42. The van der Waals surface area contributed by atoms with Crippen molar-refractivity contribution in [3.05, 3.63) is 76.3 Å². The fourth-order valence-electron chi connectivity index (χ4n) is 5.47. The molecule has 1 aromatic heterocycles. The minimum Gasteiger partial charge on any atom is -0.390 e. The molecule has 0 atom stereocenters. The average Bonchev–Trinajstić information content (AvgIpc) is 3.32. The van der Waals surface area contributed by atoms with E-state index in [4.69, 9.17) is 16.6 Å². The van der Waals surface area contributed by atoms with Gasteiger partial charge in [-0.2, -0.15) is 10.5 Å². The van der Waals surface area contributed by atoms with Crippen LogP contribution in [0.3, 0.4) is 0 Å². The molecule has 0 saturated heterocycles. The highest BCUT2D eigenvalue weighted by atomic mass is 35.5. The van der Waals surface area contributed by atoms with Crippen LogP contribution in [0.1, 0.15) is 48.8 Å². The molecular formula is C30H23ClN4O. The Balaban J connectivity index is 1.53. The number of hydrogen-bond acceptors (Lipinski definition) is 4. The maximum absolute atomic E-state index is 10.5. The second-order valence-electron chi connectivity index (χ2n) is 9.76. The number of nitriles is 2.